The Labute approximate surface area is 733 Å². The molecule has 0 unspecified atom stereocenters. The Hall–Kier alpha value is -16.3. The molecule has 0 spiro atoms. The summed E-state index contributed by atoms with van der Waals surface area (Å²) in [5.41, 5.74) is 16.3. The molecule has 0 atom stereocenters. The average molecular weight is 1670 g/mol. The van der Waals surface area contributed by atoms with Crippen LogP contribution in [-0.2, 0) is 0 Å². The van der Waals surface area contributed by atoms with E-state index in [1.165, 1.54) is 37.2 Å². The van der Waals surface area contributed by atoms with Gasteiger partial charge in [-0.2, -0.15) is 0 Å². The first-order valence-electron chi connectivity index (χ1n) is 41.2. The Balaban J connectivity index is 0.000000109. The van der Waals surface area contributed by atoms with Crippen LogP contribution in [0.4, 0.5) is 0 Å². The quantitative estimate of drug-likeness (QED) is 0.105. The van der Waals surface area contributed by atoms with Crippen molar-refractivity contribution in [3.05, 3.63) is 394 Å². The van der Waals surface area contributed by atoms with Gasteiger partial charge in [-0.15, -0.1) is 34.0 Å². The van der Waals surface area contributed by atoms with Gasteiger partial charge in [0.25, 0.3) is 0 Å². The summed E-state index contributed by atoms with van der Waals surface area (Å²) < 4.78 is 9.78. The fraction of sp³-hybridized carbons (Fsp3) is 0. The molecule has 8 heterocycles. The lowest BCUT2D eigenvalue weighted by molar-refractivity contribution is 0.670. The molecule has 0 aliphatic carbocycles. The molecular formula is C109H65N13OS3. The van der Waals surface area contributed by atoms with Crippen LogP contribution in [0.5, 0.6) is 0 Å². The molecule has 0 aliphatic heterocycles. The number of pyridine rings is 1. The Bertz CT molecular complexity index is 8300. The standard InChI is InChI=1S/C40H24N4S.C38H22N4OS.C31H19N5S/c1-3-11-25(12-4-1)37-42-38(26-13-5-2-6-14-26)44-39(43-37)29-19-21-31-28(23-29)20-22-35-36(31)45-40(41-35)34-24-27-15-7-8-16-30(27)32-17-9-10-18-33(32)34;1-3-10-23(11-4-1)35-40-36(24-12-5-2-6-13-24)42-37(41-35)26-18-20-27-25(22-26)19-21-31-34(27)44-38(39-31)30-16-9-15-29-28-14-7-8-17-32(28)43-33(29)30;1-3-9-20(10-4-1)28-34-29(21-11-5-2-6-12-21)36-30(35-28)23-14-16-24-22(19-23)15-17-25-27(24)37-31(33-25)26-13-7-8-18-32-26/h1-24H;1-22H;1-19H. The Kier molecular flexibility index (Phi) is 19.1. The third-order valence-corrected chi connectivity index (χ3v) is 25.9. The lowest BCUT2D eigenvalue weighted by Crippen LogP contribution is -2.00. The maximum absolute atomic E-state index is 6.32. The van der Waals surface area contributed by atoms with E-state index >= 15 is 0 Å². The van der Waals surface area contributed by atoms with Crippen LogP contribution in [0.2, 0.25) is 0 Å². The monoisotopic (exact) mass is 1670 g/mol. The highest BCUT2D eigenvalue weighted by molar-refractivity contribution is 7.23. The number of benzene rings is 17. The number of para-hydroxylation sites is 2. The third-order valence-electron chi connectivity index (χ3n) is 22.5. The molecule has 25 aromatic rings. The molecule has 0 fully saturated rings. The number of hydrogen-bond acceptors (Lipinski definition) is 17. The molecule has 0 saturated carbocycles. The van der Waals surface area contributed by atoms with E-state index in [2.05, 4.69) is 175 Å². The molecule has 8 aromatic heterocycles. The normalized spacial score (nSPS) is 11.5. The molecule has 590 valence electrons. The Morgan fingerprint density at radius 1 is 0.190 bits per heavy atom. The van der Waals surface area contributed by atoms with Crippen molar-refractivity contribution in [2.24, 2.45) is 0 Å². The first kappa shape index (κ1) is 74.7. The van der Waals surface area contributed by atoms with Gasteiger partial charge in [-0.3, -0.25) is 4.98 Å². The molecule has 17 heteroatoms. The van der Waals surface area contributed by atoms with Crippen molar-refractivity contribution in [1.82, 2.24) is 64.8 Å². The zero-order valence-corrected chi connectivity index (χ0v) is 69.4. The first-order chi connectivity index (χ1) is 62.4. The second-order valence-corrected chi connectivity index (χ2v) is 33.4. The van der Waals surface area contributed by atoms with Crippen molar-refractivity contribution in [3.8, 4) is 134 Å². The second-order valence-electron chi connectivity index (χ2n) is 30.4. The number of thiazole rings is 3. The highest BCUT2D eigenvalue weighted by Gasteiger charge is 2.23. The predicted molar refractivity (Wildman–Crippen MR) is 517 cm³/mol. The number of hydrogen-bond donors (Lipinski definition) is 0. The molecule has 0 radical (unpaired) electrons. The second kappa shape index (κ2) is 32.3. The first-order valence-corrected chi connectivity index (χ1v) is 43.7. The summed E-state index contributed by atoms with van der Waals surface area (Å²) in [6.45, 7) is 0. The lowest BCUT2D eigenvalue weighted by atomic mass is 9.97. The van der Waals surface area contributed by atoms with Crippen LogP contribution in [0.25, 0.3) is 241 Å². The van der Waals surface area contributed by atoms with E-state index in [-0.39, 0.29) is 0 Å². The van der Waals surface area contributed by atoms with Crippen molar-refractivity contribution in [3.63, 3.8) is 0 Å². The van der Waals surface area contributed by atoms with Crippen LogP contribution < -0.4 is 0 Å². The van der Waals surface area contributed by atoms with Crippen LogP contribution in [-0.4, -0.2) is 64.8 Å². The molecule has 0 N–H and O–H groups in total. The minimum Gasteiger partial charge on any atom is -0.455 e. The molecule has 17 aromatic carbocycles. The van der Waals surface area contributed by atoms with Gasteiger partial charge < -0.3 is 4.42 Å². The maximum Gasteiger partial charge on any atom is 0.164 e. The van der Waals surface area contributed by atoms with E-state index in [9.17, 15) is 0 Å². The van der Waals surface area contributed by atoms with Gasteiger partial charge in [-0.1, -0.05) is 322 Å². The smallest absolute Gasteiger partial charge is 0.164 e. The zero-order chi connectivity index (χ0) is 83.4. The summed E-state index contributed by atoms with van der Waals surface area (Å²) in [7, 11) is 0. The predicted octanol–water partition coefficient (Wildman–Crippen LogP) is 28.5. The summed E-state index contributed by atoms with van der Waals surface area (Å²) in [6, 6.07) is 132. The number of aromatic nitrogens is 13. The van der Waals surface area contributed by atoms with E-state index < -0.39 is 0 Å². The summed E-state index contributed by atoms with van der Waals surface area (Å²) in [5, 5.41) is 16.9. The van der Waals surface area contributed by atoms with Crippen molar-refractivity contribution in [2.75, 3.05) is 0 Å². The molecule has 0 saturated heterocycles. The molecule has 0 aliphatic rings. The van der Waals surface area contributed by atoms with E-state index in [0.717, 1.165) is 151 Å². The zero-order valence-electron chi connectivity index (χ0n) is 67.0. The van der Waals surface area contributed by atoms with Crippen molar-refractivity contribution < 1.29 is 4.42 Å². The van der Waals surface area contributed by atoms with Gasteiger partial charge in [-0.05, 0) is 104 Å². The van der Waals surface area contributed by atoms with Gasteiger partial charge in [0.1, 0.15) is 26.2 Å². The maximum atomic E-state index is 6.32. The number of nitrogens with zero attached hydrogens (tertiary/aromatic N) is 13. The summed E-state index contributed by atoms with van der Waals surface area (Å²) in [4.78, 5) is 63.4. The molecule has 14 nitrogen and oxygen atoms in total. The van der Waals surface area contributed by atoms with Crippen LogP contribution in [0.1, 0.15) is 0 Å². The van der Waals surface area contributed by atoms with Gasteiger partial charge in [0, 0.05) is 88.8 Å². The summed E-state index contributed by atoms with van der Waals surface area (Å²) in [5.74, 6) is 5.86. The highest BCUT2D eigenvalue weighted by atomic mass is 32.1. The van der Waals surface area contributed by atoms with Crippen LogP contribution in [0.15, 0.2) is 399 Å². The van der Waals surface area contributed by atoms with Crippen molar-refractivity contribution >= 4 is 140 Å². The topological polar surface area (TPSA) is 181 Å². The average Bonchev–Trinajstić information content (AvgIpc) is 1.60. The highest BCUT2D eigenvalue weighted by Crippen LogP contribution is 2.45. The SMILES string of the molecule is c1ccc(-c2nc(-c3ccccc3)nc(-c3ccc4c(ccc5nc(-c6cc7ccccc7c7ccccc67)sc54)c3)n2)cc1.c1ccc(-c2nc(-c3ccccc3)nc(-c3ccc4c(ccc5nc(-c6cccc7c6oc6ccccc67)sc54)c3)n2)cc1.c1ccc(-c2nc(-c3ccccc3)nc(-c3ccc4c(ccc5nc(-c6ccccn6)sc54)c3)n2)cc1. The third kappa shape index (κ3) is 14.3. The van der Waals surface area contributed by atoms with E-state index in [1.807, 2.05) is 218 Å². The van der Waals surface area contributed by atoms with E-state index in [4.69, 9.17) is 64.2 Å². The van der Waals surface area contributed by atoms with E-state index in [0.29, 0.717) is 52.4 Å². The van der Waals surface area contributed by atoms with Crippen molar-refractivity contribution in [2.45, 2.75) is 0 Å². The van der Waals surface area contributed by atoms with Gasteiger partial charge in [0.2, 0.25) is 0 Å². The fourth-order valence-electron chi connectivity index (χ4n) is 16.3. The van der Waals surface area contributed by atoms with Crippen LogP contribution in [0.3, 0.4) is 0 Å². The largest absolute Gasteiger partial charge is 0.455 e. The molecule has 0 bridgehead atoms. The summed E-state index contributed by atoms with van der Waals surface area (Å²) in [6.07, 6.45) is 1.80. The van der Waals surface area contributed by atoms with Gasteiger partial charge >= 0.3 is 0 Å². The van der Waals surface area contributed by atoms with Gasteiger partial charge in [0.15, 0.2) is 52.4 Å². The molecular weight excluding hydrogens is 1600 g/mol. The number of furan rings is 1. The van der Waals surface area contributed by atoms with Crippen LogP contribution >= 0.6 is 34.0 Å². The lowest BCUT2D eigenvalue weighted by Gasteiger charge is -2.09. The summed E-state index contributed by atoms with van der Waals surface area (Å²) >= 11 is 5.11. The Morgan fingerprint density at radius 2 is 0.516 bits per heavy atom. The Morgan fingerprint density at radius 3 is 0.929 bits per heavy atom. The molecule has 126 heavy (non-hydrogen) atoms. The van der Waals surface area contributed by atoms with E-state index in [1.54, 1.807) is 40.2 Å². The number of rotatable bonds is 12. The molecule has 0 amide bonds. The van der Waals surface area contributed by atoms with Gasteiger partial charge in [0.05, 0.1) is 41.9 Å². The minimum absolute atomic E-state index is 0.640. The van der Waals surface area contributed by atoms with Crippen LogP contribution in [0, 0.1) is 0 Å². The fourth-order valence-corrected chi connectivity index (χ4v) is 19.7. The van der Waals surface area contributed by atoms with Crippen molar-refractivity contribution in [1.29, 1.82) is 0 Å². The molecule has 25 rings (SSSR count). The van der Waals surface area contributed by atoms with Gasteiger partial charge in [-0.25, -0.2) is 59.8 Å². The minimum atomic E-state index is 0.640. The number of fused-ring (bicyclic) bond motifs is 15.